The Bertz CT molecular complexity index is 403. The first-order valence-corrected chi connectivity index (χ1v) is 7.59. The van der Waals surface area contributed by atoms with Crippen molar-refractivity contribution in [2.75, 3.05) is 0 Å². The van der Waals surface area contributed by atoms with Crippen molar-refractivity contribution in [3.8, 4) is 0 Å². The first kappa shape index (κ1) is 14.1. The van der Waals surface area contributed by atoms with Crippen LogP contribution in [0.5, 0.6) is 0 Å². The van der Waals surface area contributed by atoms with Crippen LogP contribution in [0.25, 0.3) is 0 Å². The number of carbonyl (C=O) groups excluding carboxylic acids is 1. The highest BCUT2D eigenvalue weighted by molar-refractivity contribution is 5.88. The monoisotopic (exact) mass is 259 g/mol. The van der Waals surface area contributed by atoms with E-state index >= 15 is 0 Å². The van der Waals surface area contributed by atoms with Gasteiger partial charge in [-0.2, -0.15) is 0 Å². The Balaban J connectivity index is 2.23. The Morgan fingerprint density at radius 2 is 1.74 bits per heavy atom. The average molecular weight is 259 g/mol. The molecule has 1 aromatic carbocycles. The number of carbonyl (C=O) groups is 1. The van der Waals surface area contributed by atoms with Crippen molar-refractivity contribution in [1.82, 2.24) is 5.32 Å². The molecule has 0 atom stereocenters. The van der Waals surface area contributed by atoms with E-state index in [0.717, 1.165) is 38.5 Å². The second-order valence-corrected chi connectivity index (χ2v) is 5.64. The van der Waals surface area contributed by atoms with E-state index in [9.17, 15) is 4.79 Å². The van der Waals surface area contributed by atoms with Gasteiger partial charge >= 0.3 is 0 Å². The minimum atomic E-state index is -0.274. The Morgan fingerprint density at radius 3 is 2.26 bits per heavy atom. The molecule has 0 bridgehead atoms. The fourth-order valence-electron chi connectivity index (χ4n) is 3.20. The molecule has 0 spiro atoms. The van der Waals surface area contributed by atoms with E-state index in [1.807, 2.05) is 18.2 Å². The zero-order chi connectivity index (χ0) is 13.7. The molecule has 104 valence electrons. The quantitative estimate of drug-likeness (QED) is 0.856. The molecule has 2 nitrogen and oxygen atoms in total. The van der Waals surface area contributed by atoms with Crippen LogP contribution in [0, 0.1) is 0 Å². The van der Waals surface area contributed by atoms with Crippen LogP contribution in [0.2, 0.25) is 0 Å². The molecule has 1 amide bonds. The lowest BCUT2D eigenvalue weighted by atomic mass is 9.77. The van der Waals surface area contributed by atoms with Gasteiger partial charge in [0.1, 0.15) is 0 Å². The summed E-state index contributed by atoms with van der Waals surface area (Å²) in [6, 6.07) is 10.6. The van der Waals surface area contributed by atoms with E-state index in [2.05, 4.69) is 31.3 Å². The van der Waals surface area contributed by atoms with E-state index in [0.29, 0.717) is 6.04 Å². The summed E-state index contributed by atoms with van der Waals surface area (Å²) >= 11 is 0. The average Bonchev–Trinajstić information content (AvgIpc) is 2.96. The third kappa shape index (κ3) is 2.83. The molecule has 0 aliphatic heterocycles. The Kier molecular flexibility index (Phi) is 4.62. The largest absolute Gasteiger partial charge is 0.353 e. The van der Waals surface area contributed by atoms with Gasteiger partial charge in [-0.1, -0.05) is 57.0 Å². The van der Waals surface area contributed by atoms with Gasteiger partial charge in [0.05, 0.1) is 5.41 Å². The topological polar surface area (TPSA) is 29.1 Å². The number of hydrogen-bond acceptors (Lipinski definition) is 1. The van der Waals surface area contributed by atoms with Crippen LogP contribution in [-0.4, -0.2) is 11.9 Å². The summed E-state index contributed by atoms with van der Waals surface area (Å²) in [7, 11) is 0. The van der Waals surface area contributed by atoms with Gasteiger partial charge in [0.25, 0.3) is 0 Å². The Morgan fingerprint density at radius 1 is 1.16 bits per heavy atom. The standard InChI is InChI=1S/C17H25NO/c1-3-15(4-2)18-16(19)17(12-8-9-13-17)14-10-6-5-7-11-14/h5-7,10-11,15H,3-4,8-9,12-13H2,1-2H3,(H,18,19). The van der Waals surface area contributed by atoms with Gasteiger partial charge in [-0.25, -0.2) is 0 Å². The Labute approximate surface area is 116 Å². The highest BCUT2D eigenvalue weighted by atomic mass is 16.2. The summed E-state index contributed by atoms with van der Waals surface area (Å²) in [5.41, 5.74) is 0.917. The van der Waals surface area contributed by atoms with Gasteiger partial charge in [-0.15, -0.1) is 0 Å². The summed E-state index contributed by atoms with van der Waals surface area (Å²) in [5.74, 6) is 0.241. The highest BCUT2D eigenvalue weighted by Crippen LogP contribution is 2.41. The molecule has 2 rings (SSSR count). The predicted octanol–water partition coefficient (Wildman–Crippen LogP) is 3.80. The van der Waals surface area contributed by atoms with Gasteiger partial charge < -0.3 is 5.32 Å². The Hall–Kier alpha value is -1.31. The summed E-state index contributed by atoms with van der Waals surface area (Å²) in [6.45, 7) is 4.27. The maximum absolute atomic E-state index is 12.8. The molecule has 1 saturated carbocycles. The van der Waals surface area contributed by atoms with Gasteiger partial charge in [0.15, 0.2) is 0 Å². The number of benzene rings is 1. The molecule has 0 saturated heterocycles. The SMILES string of the molecule is CCC(CC)NC(=O)C1(c2ccccc2)CCCC1. The summed E-state index contributed by atoms with van der Waals surface area (Å²) in [6.07, 6.45) is 6.31. The van der Waals surface area contributed by atoms with Crippen molar-refractivity contribution in [3.63, 3.8) is 0 Å². The fraction of sp³-hybridized carbons (Fsp3) is 0.588. The van der Waals surface area contributed by atoms with Crippen LogP contribution in [0.3, 0.4) is 0 Å². The maximum Gasteiger partial charge on any atom is 0.230 e. The van der Waals surface area contributed by atoms with Gasteiger partial charge in [0, 0.05) is 6.04 Å². The lowest BCUT2D eigenvalue weighted by Crippen LogP contribution is -2.46. The van der Waals surface area contributed by atoms with Crippen LogP contribution in [0.4, 0.5) is 0 Å². The molecule has 1 aromatic rings. The molecule has 0 heterocycles. The summed E-state index contributed by atoms with van der Waals surface area (Å²) in [4.78, 5) is 12.8. The van der Waals surface area contributed by atoms with Crippen molar-refractivity contribution < 1.29 is 4.79 Å². The number of rotatable bonds is 5. The normalized spacial score (nSPS) is 17.6. The van der Waals surface area contributed by atoms with Crippen molar-refractivity contribution in [3.05, 3.63) is 35.9 Å². The van der Waals surface area contributed by atoms with Crippen molar-refractivity contribution in [2.45, 2.75) is 63.8 Å². The minimum Gasteiger partial charge on any atom is -0.353 e. The molecule has 19 heavy (non-hydrogen) atoms. The third-order valence-corrected chi connectivity index (χ3v) is 4.54. The first-order chi connectivity index (χ1) is 9.23. The van der Waals surface area contributed by atoms with Crippen LogP contribution in [-0.2, 0) is 10.2 Å². The first-order valence-electron chi connectivity index (χ1n) is 7.59. The van der Waals surface area contributed by atoms with Crippen LogP contribution >= 0.6 is 0 Å². The van der Waals surface area contributed by atoms with E-state index in [1.165, 1.54) is 5.56 Å². The van der Waals surface area contributed by atoms with E-state index in [1.54, 1.807) is 0 Å². The lowest BCUT2D eigenvalue weighted by molar-refractivity contribution is -0.127. The molecule has 0 radical (unpaired) electrons. The van der Waals surface area contributed by atoms with Crippen molar-refractivity contribution in [1.29, 1.82) is 0 Å². The zero-order valence-corrected chi connectivity index (χ0v) is 12.1. The molecular weight excluding hydrogens is 234 g/mol. The minimum absolute atomic E-state index is 0.241. The molecule has 1 aliphatic carbocycles. The lowest BCUT2D eigenvalue weighted by Gasteiger charge is -2.30. The fourth-order valence-corrected chi connectivity index (χ4v) is 3.20. The van der Waals surface area contributed by atoms with Crippen LogP contribution in [0.15, 0.2) is 30.3 Å². The van der Waals surface area contributed by atoms with Gasteiger partial charge in [0.2, 0.25) is 5.91 Å². The number of hydrogen-bond donors (Lipinski definition) is 1. The second kappa shape index (κ2) is 6.23. The number of amides is 1. The summed E-state index contributed by atoms with van der Waals surface area (Å²) in [5, 5.41) is 3.26. The van der Waals surface area contributed by atoms with Crippen molar-refractivity contribution in [2.24, 2.45) is 0 Å². The van der Waals surface area contributed by atoms with E-state index < -0.39 is 0 Å². The van der Waals surface area contributed by atoms with Gasteiger partial charge in [-0.3, -0.25) is 4.79 Å². The second-order valence-electron chi connectivity index (χ2n) is 5.64. The zero-order valence-electron chi connectivity index (χ0n) is 12.1. The number of nitrogens with one attached hydrogen (secondary N) is 1. The molecular formula is C17H25NO. The maximum atomic E-state index is 12.8. The molecule has 1 N–H and O–H groups in total. The van der Waals surface area contributed by atoms with E-state index in [-0.39, 0.29) is 11.3 Å². The molecule has 1 aliphatic rings. The van der Waals surface area contributed by atoms with Crippen LogP contribution < -0.4 is 5.32 Å². The smallest absolute Gasteiger partial charge is 0.230 e. The van der Waals surface area contributed by atoms with E-state index in [4.69, 9.17) is 0 Å². The van der Waals surface area contributed by atoms with Gasteiger partial charge in [-0.05, 0) is 31.2 Å². The van der Waals surface area contributed by atoms with Crippen molar-refractivity contribution >= 4 is 5.91 Å². The highest BCUT2D eigenvalue weighted by Gasteiger charge is 2.42. The van der Waals surface area contributed by atoms with Crippen LogP contribution in [0.1, 0.15) is 57.9 Å². The predicted molar refractivity (Wildman–Crippen MR) is 79.1 cm³/mol. The molecule has 1 fully saturated rings. The molecule has 0 unspecified atom stereocenters. The third-order valence-electron chi connectivity index (χ3n) is 4.54. The molecule has 0 aromatic heterocycles. The summed E-state index contributed by atoms with van der Waals surface area (Å²) < 4.78 is 0. The molecule has 2 heteroatoms.